The molecule has 1 fully saturated rings. The van der Waals surface area contributed by atoms with Gasteiger partial charge in [-0.3, -0.25) is 9.59 Å². The summed E-state index contributed by atoms with van der Waals surface area (Å²) in [7, 11) is 0. The number of carbonyl (C=O) groups is 2. The molecule has 1 saturated heterocycles. The zero-order valence-electron chi connectivity index (χ0n) is 15.6. The molecule has 0 amide bonds. The predicted octanol–water partition coefficient (Wildman–Crippen LogP) is 6.11. The quantitative estimate of drug-likeness (QED) is 0.157. The lowest BCUT2D eigenvalue weighted by molar-refractivity contribution is -0.152. The predicted molar refractivity (Wildman–Crippen MR) is 98.7 cm³/mol. The van der Waals surface area contributed by atoms with Crippen LogP contribution in [-0.4, -0.2) is 11.9 Å². The van der Waals surface area contributed by atoms with Crippen LogP contribution in [0.5, 0.6) is 0 Å². The standard InChI is InChI=1S/C21H36O3/c1-2-3-4-5-6-7-8-9-10-11-12-13-14-15-16-17-19-18-20(22)24-21(19)23/h16-17,19H,2-15,18H2,1H3/b17-16+. The summed E-state index contributed by atoms with van der Waals surface area (Å²) in [6.45, 7) is 2.27. The van der Waals surface area contributed by atoms with Gasteiger partial charge in [0.1, 0.15) is 0 Å². The Bertz CT molecular complexity index is 373. The summed E-state index contributed by atoms with van der Waals surface area (Å²) in [4.78, 5) is 22.2. The van der Waals surface area contributed by atoms with Crippen molar-refractivity contribution in [1.29, 1.82) is 0 Å². The van der Waals surface area contributed by atoms with Crippen molar-refractivity contribution in [3.63, 3.8) is 0 Å². The molecule has 1 rings (SSSR count). The van der Waals surface area contributed by atoms with Crippen molar-refractivity contribution in [2.45, 2.75) is 103 Å². The molecule has 1 aliphatic heterocycles. The monoisotopic (exact) mass is 336 g/mol. The lowest BCUT2D eigenvalue weighted by Gasteiger charge is -2.02. The van der Waals surface area contributed by atoms with E-state index in [9.17, 15) is 9.59 Å². The van der Waals surface area contributed by atoms with Crippen molar-refractivity contribution in [2.24, 2.45) is 5.92 Å². The average molecular weight is 337 g/mol. The number of cyclic esters (lactones) is 2. The number of hydrogen-bond donors (Lipinski definition) is 0. The molecule has 24 heavy (non-hydrogen) atoms. The Labute approximate surface area is 148 Å². The second-order valence-electron chi connectivity index (χ2n) is 7.06. The molecular weight excluding hydrogens is 300 g/mol. The highest BCUT2D eigenvalue weighted by Gasteiger charge is 2.30. The molecule has 0 aromatic heterocycles. The maximum absolute atomic E-state index is 11.3. The van der Waals surface area contributed by atoms with Crippen LogP contribution in [0.3, 0.4) is 0 Å². The Morgan fingerprint density at radius 1 is 0.833 bits per heavy atom. The lowest BCUT2D eigenvalue weighted by atomic mass is 10.0. The second kappa shape index (κ2) is 14.2. The van der Waals surface area contributed by atoms with Gasteiger partial charge in [-0.2, -0.15) is 0 Å². The fourth-order valence-electron chi connectivity index (χ4n) is 3.18. The van der Waals surface area contributed by atoms with Crippen molar-refractivity contribution in [3.8, 4) is 0 Å². The van der Waals surface area contributed by atoms with Gasteiger partial charge in [0.05, 0.1) is 12.3 Å². The highest BCUT2D eigenvalue weighted by atomic mass is 16.6. The SMILES string of the molecule is CCCCCCCCCCCCCCC/C=C/C1CC(=O)OC1=O. The Kier molecular flexibility index (Phi) is 12.4. The zero-order chi connectivity index (χ0) is 17.5. The Morgan fingerprint density at radius 2 is 1.33 bits per heavy atom. The Balaban J connectivity index is 1.79. The van der Waals surface area contributed by atoms with Gasteiger partial charge in [-0.1, -0.05) is 96.1 Å². The summed E-state index contributed by atoms with van der Waals surface area (Å²) in [6.07, 6.45) is 22.8. The van der Waals surface area contributed by atoms with Crippen molar-refractivity contribution < 1.29 is 14.3 Å². The number of unbranched alkanes of at least 4 members (excludes halogenated alkanes) is 13. The number of esters is 2. The largest absolute Gasteiger partial charge is 0.393 e. The van der Waals surface area contributed by atoms with Crippen LogP contribution in [0.1, 0.15) is 103 Å². The molecule has 138 valence electrons. The van der Waals surface area contributed by atoms with Crippen LogP contribution in [0.15, 0.2) is 12.2 Å². The van der Waals surface area contributed by atoms with Gasteiger partial charge in [-0.05, 0) is 12.8 Å². The van der Waals surface area contributed by atoms with E-state index in [-0.39, 0.29) is 18.3 Å². The molecule has 0 saturated carbocycles. The maximum atomic E-state index is 11.3. The fourth-order valence-corrected chi connectivity index (χ4v) is 3.18. The topological polar surface area (TPSA) is 43.4 Å². The van der Waals surface area contributed by atoms with E-state index in [2.05, 4.69) is 11.7 Å². The molecule has 0 aliphatic carbocycles. The van der Waals surface area contributed by atoms with E-state index in [1.165, 1.54) is 83.5 Å². The number of allylic oxidation sites excluding steroid dienone is 1. The highest BCUT2D eigenvalue weighted by Crippen LogP contribution is 2.18. The van der Waals surface area contributed by atoms with Crippen LogP contribution in [0.2, 0.25) is 0 Å². The van der Waals surface area contributed by atoms with E-state index < -0.39 is 5.97 Å². The van der Waals surface area contributed by atoms with Crippen LogP contribution in [0.25, 0.3) is 0 Å². The van der Waals surface area contributed by atoms with Crippen LogP contribution >= 0.6 is 0 Å². The van der Waals surface area contributed by atoms with Gasteiger partial charge in [0.25, 0.3) is 0 Å². The molecule has 0 spiro atoms. The fraction of sp³-hybridized carbons (Fsp3) is 0.810. The van der Waals surface area contributed by atoms with Crippen LogP contribution in [0.4, 0.5) is 0 Å². The summed E-state index contributed by atoms with van der Waals surface area (Å²) in [5, 5.41) is 0. The minimum Gasteiger partial charge on any atom is -0.393 e. The van der Waals surface area contributed by atoms with Crippen molar-refractivity contribution in [3.05, 3.63) is 12.2 Å². The number of hydrogen-bond acceptors (Lipinski definition) is 3. The summed E-state index contributed by atoms with van der Waals surface area (Å²) < 4.78 is 4.52. The van der Waals surface area contributed by atoms with Crippen LogP contribution in [0, 0.1) is 5.92 Å². The molecule has 0 N–H and O–H groups in total. The van der Waals surface area contributed by atoms with E-state index in [0.29, 0.717) is 0 Å². The number of rotatable bonds is 15. The van der Waals surface area contributed by atoms with Gasteiger partial charge in [0, 0.05) is 0 Å². The molecule has 0 aromatic rings. The summed E-state index contributed by atoms with van der Waals surface area (Å²) in [5.74, 6) is -1.11. The summed E-state index contributed by atoms with van der Waals surface area (Å²) in [5.41, 5.74) is 0. The molecule has 3 heteroatoms. The third kappa shape index (κ3) is 10.6. The Morgan fingerprint density at radius 3 is 1.79 bits per heavy atom. The Hall–Kier alpha value is -1.12. The van der Waals surface area contributed by atoms with Crippen LogP contribution < -0.4 is 0 Å². The van der Waals surface area contributed by atoms with E-state index in [1.54, 1.807) is 0 Å². The second-order valence-corrected chi connectivity index (χ2v) is 7.06. The molecule has 0 radical (unpaired) electrons. The first-order valence-corrected chi connectivity index (χ1v) is 10.1. The molecule has 3 nitrogen and oxygen atoms in total. The van der Waals surface area contributed by atoms with Gasteiger partial charge in [-0.25, -0.2) is 0 Å². The van der Waals surface area contributed by atoms with E-state index >= 15 is 0 Å². The summed E-state index contributed by atoms with van der Waals surface area (Å²) in [6, 6.07) is 0. The minimum absolute atomic E-state index is 0.216. The first kappa shape index (κ1) is 20.9. The van der Waals surface area contributed by atoms with Crippen LogP contribution in [-0.2, 0) is 14.3 Å². The molecule has 1 unspecified atom stereocenters. The molecule has 0 bridgehead atoms. The lowest BCUT2D eigenvalue weighted by Crippen LogP contribution is -2.03. The first-order valence-electron chi connectivity index (χ1n) is 10.1. The molecular formula is C21H36O3. The van der Waals surface area contributed by atoms with E-state index in [4.69, 9.17) is 0 Å². The zero-order valence-corrected chi connectivity index (χ0v) is 15.6. The molecule has 1 heterocycles. The smallest absolute Gasteiger partial charge is 0.321 e. The van der Waals surface area contributed by atoms with Gasteiger partial charge in [0.15, 0.2) is 0 Å². The molecule has 1 atom stereocenters. The van der Waals surface area contributed by atoms with E-state index in [0.717, 1.165) is 6.42 Å². The molecule has 0 aromatic carbocycles. The van der Waals surface area contributed by atoms with Gasteiger partial charge >= 0.3 is 11.9 Å². The van der Waals surface area contributed by atoms with Crippen molar-refractivity contribution >= 4 is 11.9 Å². The van der Waals surface area contributed by atoms with Gasteiger partial charge in [0.2, 0.25) is 0 Å². The number of ether oxygens (including phenoxy) is 1. The number of carbonyl (C=O) groups excluding carboxylic acids is 2. The third-order valence-corrected chi connectivity index (χ3v) is 4.75. The first-order chi connectivity index (χ1) is 11.7. The highest BCUT2D eigenvalue weighted by molar-refractivity contribution is 5.95. The van der Waals surface area contributed by atoms with Crippen molar-refractivity contribution in [2.75, 3.05) is 0 Å². The minimum atomic E-state index is -0.393. The average Bonchev–Trinajstić information content (AvgIpc) is 2.88. The van der Waals surface area contributed by atoms with Crippen molar-refractivity contribution in [1.82, 2.24) is 0 Å². The normalized spacial score (nSPS) is 17.8. The van der Waals surface area contributed by atoms with E-state index in [1.807, 2.05) is 12.2 Å². The summed E-state index contributed by atoms with van der Waals surface area (Å²) >= 11 is 0. The van der Waals surface area contributed by atoms with Gasteiger partial charge in [-0.15, -0.1) is 0 Å². The third-order valence-electron chi connectivity index (χ3n) is 4.75. The molecule has 1 aliphatic rings. The van der Waals surface area contributed by atoms with Gasteiger partial charge < -0.3 is 4.74 Å². The maximum Gasteiger partial charge on any atom is 0.321 e.